The standard InChI is InChI=1S/C26H30F3N5O3/c1-14(16-8-7-9-17(20(16)27)21(28)29)32-22-18-12-19(24(36)33(5)23(18)31-13-30-22)26(37-6)10-11-34(15(2)35)25(26,3)4/h7-9,12-14,21H,10-11H2,1-6H3,(H,30,31,32)/t14-,26?/m1/s1. The first-order valence-electron chi connectivity index (χ1n) is 11.9. The molecule has 198 valence electrons. The van der Waals surface area contributed by atoms with E-state index in [1.165, 1.54) is 37.1 Å². The van der Waals surface area contributed by atoms with Gasteiger partial charge in [-0.05, 0) is 26.8 Å². The molecule has 1 aliphatic heterocycles. The van der Waals surface area contributed by atoms with Crippen LogP contribution in [-0.4, -0.2) is 44.5 Å². The van der Waals surface area contributed by atoms with Gasteiger partial charge in [0.1, 0.15) is 29.2 Å². The number of benzene rings is 1. The maximum atomic E-state index is 14.8. The lowest BCUT2D eigenvalue weighted by atomic mass is 9.77. The number of likely N-dealkylation sites (tertiary alicyclic amines) is 1. The molecule has 1 unspecified atom stereocenters. The number of nitrogens with one attached hydrogen (secondary N) is 1. The fourth-order valence-electron chi connectivity index (χ4n) is 5.58. The number of carbonyl (C=O) groups is 1. The summed E-state index contributed by atoms with van der Waals surface area (Å²) in [6.07, 6.45) is -1.28. The van der Waals surface area contributed by atoms with Crippen LogP contribution in [0.1, 0.15) is 63.3 Å². The molecular formula is C26H30F3N5O3. The molecule has 1 saturated heterocycles. The molecule has 4 rings (SSSR count). The number of amides is 1. The van der Waals surface area contributed by atoms with Crippen molar-refractivity contribution in [1.82, 2.24) is 19.4 Å². The molecule has 1 amide bonds. The smallest absolute Gasteiger partial charge is 0.266 e. The average molecular weight is 518 g/mol. The fraction of sp³-hybridized carbons (Fsp3) is 0.462. The number of ether oxygens (including phenoxy) is 1. The Labute approximate surface area is 212 Å². The summed E-state index contributed by atoms with van der Waals surface area (Å²) in [6, 6.07) is 4.78. The Morgan fingerprint density at radius 3 is 2.49 bits per heavy atom. The second kappa shape index (κ2) is 9.44. The van der Waals surface area contributed by atoms with Gasteiger partial charge < -0.3 is 15.0 Å². The van der Waals surface area contributed by atoms with Crippen LogP contribution < -0.4 is 10.9 Å². The normalized spacial score (nSPS) is 20.0. The highest BCUT2D eigenvalue weighted by atomic mass is 19.3. The van der Waals surface area contributed by atoms with Crippen molar-refractivity contribution >= 4 is 22.8 Å². The molecule has 2 atom stereocenters. The van der Waals surface area contributed by atoms with E-state index in [0.29, 0.717) is 35.4 Å². The van der Waals surface area contributed by atoms with Gasteiger partial charge in [0.25, 0.3) is 12.0 Å². The molecule has 1 aliphatic rings. The van der Waals surface area contributed by atoms with Gasteiger partial charge in [0.05, 0.1) is 28.1 Å². The molecule has 0 saturated carbocycles. The molecule has 1 fully saturated rings. The van der Waals surface area contributed by atoms with E-state index in [-0.39, 0.29) is 17.0 Å². The molecule has 37 heavy (non-hydrogen) atoms. The Hall–Kier alpha value is -3.47. The monoisotopic (exact) mass is 517 g/mol. The highest BCUT2D eigenvalue weighted by molar-refractivity contribution is 5.87. The first-order chi connectivity index (χ1) is 17.4. The average Bonchev–Trinajstić information content (AvgIpc) is 3.12. The van der Waals surface area contributed by atoms with Gasteiger partial charge in [-0.1, -0.05) is 18.2 Å². The largest absolute Gasteiger partial charge is 0.371 e. The van der Waals surface area contributed by atoms with Crippen LogP contribution >= 0.6 is 0 Å². The minimum Gasteiger partial charge on any atom is -0.371 e. The maximum Gasteiger partial charge on any atom is 0.266 e. The Balaban J connectivity index is 1.86. The summed E-state index contributed by atoms with van der Waals surface area (Å²) < 4.78 is 48.7. The Morgan fingerprint density at radius 2 is 1.89 bits per heavy atom. The predicted octanol–water partition coefficient (Wildman–Crippen LogP) is 4.45. The first-order valence-corrected chi connectivity index (χ1v) is 11.9. The fourth-order valence-corrected chi connectivity index (χ4v) is 5.58. The Morgan fingerprint density at radius 1 is 1.22 bits per heavy atom. The second-order valence-electron chi connectivity index (χ2n) is 9.81. The van der Waals surface area contributed by atoms with Gasteiger partial charge >= 0.3 is 0 Å². The predicted molar refractivity (Wildman–Crippen MR) is 133 cm³/mol. The third-order valence-electron chi connectivity index (χ3n) is 7.63. The number of pyridine rings is 1. The lowest BCUT2D eigenvalue weighted by molar-refractivity contribution is -0.140. The Kier molecular flexibility index (Phi) is 6.78. The van der Waals surface area contributed by atoms with Crippen LogP contribution in [0, 0.1) is 5.82 Å². The molecule has 11 heteroatoms. The van der Waals surface area contributed by atoms with Gasteiger partial charge in [0, 0.05) is 39.6 Å². The SMILES string of the molecule is COC1(c2cc3c(N[C@H](C)c4cccc(C(F)F)c4F)ncnc3n(C)c2=O)CCN(C(C)=O)C1(C)C. The lowest BCUT2D eigenvalue weighted by Crippen LogP contribution is -2.56. The van der Waals surface area contributed by atoms with Crippen LogP contribution in [0.3, 0.4) is 0 Å². The van der Waals surface area contributed by atoms with Crippen molar-refractivity contribution in [3.63, 3.8) is 0 Å². The second-order valence-corrected chi connectivity index (χ2v) is 9.81. The van der Waals surface area contributed by atoms with Crippen molar-refractivity contribution in [2.24, 2.45) is 7.05 Å². The van der Waals surface area contributed by atoms with E-state index in [2.05, 4.69) is 15.3 Å². The van der Waals surface area contributed by atoms with Gasteiger partial charge in [-0.3, -0.25) is 14.2 Å². The molecule has 0 bridgehead atoms. The van der Waals surface area contributed by atoms with Crippen LogP contribution in [0.2, 0.25) is 0 Å². The third kappa shape index (κ3) is 4.05. The van der Waals surface area contributed by atoms with Gasteiger partial charge in [-0.2, -0.15) is 0 Å². The van der Waals surface area contributed by atoms with E-state index in [0.717, 1.165) is 6.07 Å². The number of alkyl halides is 2. The van der Waals surface area contributed by atoms with Gasteiger partial charge in [0.2, 0.25) is 5.91 Å². The van der Waals surface area contributed by atoms with Crippen molar-refractivity contribution in [3.8, 4) is 0 Å². The van der Waals surface area contributed by atoms with Gasteiger partial charge in [-0.15, -0.1) is 0 Å². The van der Waals surface area contributed by atoms with E-state index in [1.807, 2.05) is 13.8 Å². The number of fused-ring (bicyclic) bond motifs is 1. The Bertz CT molecular complexity index is 1420. The number of nitrogens with zero attached hydrogens (tertiary/aromatic N) is 4. The minimum absolute atomic E-state index is 0.0528. The molecular weight excluding hydrogens is 487 g/mol. The minimum atomic E-state index is -2.95. The summed E-state index contributed by atoms with van der Waals surface area (Å²) in [6.45, 7) is 7.23. The summed E-state index contributed by atoms with van der Waals surface area (Å²) in [5, 5.41) is 3.56. The van der Waals surface area contributed by atoms with Crippen molar-refractivity contribution in [2.75, 3.05) is 19.0 Å². The van der Waals surface area contributed by atoms with Crippen molar-refractivity contribution in [2.45, 2.75) is 57.7 Å². The van der Waals surface area contributed by atoms with E-state index in [1.54, 1.807) is 24.9 Å². The number of carbonyl (C=O) groups excluding carboxylic acids is 1. The molecule has 1 N–H and O–H groups in total. The van der Waals surface area contributed by atoms with Gasteiger partial charge in [0.15, 0.2) is 0 Å². The lowest BCUT2D eigenvalue weighted by Gasteiger charge is -2.43. The molecule has 3 heterocycles. The molecule has 1 aromatic carbocycles. The molecule has 0 radical (unpaired) electrons. The first kappa shape index (κ1) is 26.6. The van der Waals surface area contributed by atoms with E-state index >= 15 is 0 Å². The summed E-state index contributed by atoms with van der Waals surface area (Å²) in [5.74, 6) is -0.824. The zero-order valence-corrected chi connectivity index (χ0v) is 21.6. The zero-order valence-electron chi connectivity index (χ0n) is 21.6. The maximum absolute atomic E-state index is 14.8. The topological polar surface area (TPSA) is 89.3 Å². The summed E-state index contributed by atoms with van der Waals surface area (Å²) in [7, 11) is 3.09. The quantitative estimate of drug-likeness (QED) is 0.520. The number of rotatable bonds is 6. The number of hydrogen-bond acceptors (Lipinski definition) is 6. The number of aromatic nitrogens is 3. The van der Waals surface area contributed by atoms with Crippen LogP contribution in [0.5, 0.6) is 0 Å². The van der Waals surface area contributed by atoms with E-state index in [9.17, 15) is 22.8 Å². The zero-order chi connectivity index (χ0) is 27.3. The van der Waals surface area contributed by atoms with Crippen molar-refractivity contribution < 1.29 is 22.7 Å². The van der Waals surface area contributed by atoms with Crippen LogP contribution in [0.25, 0.3) is 11.0 Å². The summed E-state index contributed by atoms with van der Waals surface area (Å²) >= 11 is 0. The number of aryl methyl sites for hydroxylation is 1. The molecule has 3 aromatic rings. The van der Waals surface area contributed by atoms with Crippen molar-refractivity contribution in [1.29, 1.82) is 0 Å². The van der Waals surface area contributed by atoms with E-state index < -0.39 is 35.0 Å². The number of methoxy groups -OCH3 is 1. The molecule has 0 aliphatic carbocycles. The van der Waals surface area contributed by atoms with Gasteiger partial charge in [-0.25, -0.2) is 23.1 Å². The summed E-state index contributed by atoms with van der Waals surface area (Å²) in [4.78, 5) is 36.2. The number of halogens is 3. The van der Waals surface area contributed by atoms with E-state index in [4.69, 9.17) is 4.74 Å². The molecule has 8 nitrogen and oxygen atoms in total. The van der Waals surface area contributed by atoms with Crippen LogP contribution in [-0.2, 0) is 22.2 Å². The highest BCUT2D eigenvalue weighted by Crippen LogP contribution is 2.47. The highest BCUT2D eigenvalue weighted by Gasteiger charge is 2.57. The molecule has 2 aromatic heterocycles. The number of anilines is 1. The van der Waals surface area contributed by atoms with Crippen LogP contribution in [0.4, 0.5) is 19.0 Å². The summed E-state index contributed by atoms with van der Waals surface area (Å²) in [5.41, 5.74) is -2.26. The number of hydrogen-bond donors (Lipinski definition) is 1. The van der Waals surface area contributed by atoms with Crippen molar-refractivity contribution in [3.05, 3.63) is 63.5 Å². The third-order valence-corrected chi connectivity index (χ3v) is 7.63. The van der Waals surface area contributed by atoms with Crippen LogP contribution in [0.15, 0.2) is 35.4 Å². The molecule has 0 spiro atoms.